The van der Waals surface area contributed by atoms with Crippen molar-refractivity contribution in [1.82, 2.24) is 0 Å². The van der Waals surface area contributed by atoms with Crippen LogP contribution in [-0.4, -0.2) is 15.0 Å². The number of fused-ring (bicyclic) bond motifs is 2. The molecular weight excluding hydrogens is 356 g/mol. The van der Waals surface area contributed by atoms with Crippen molar-refractivity contribution in [1.29, 1.82) is 0 Å². The van der Waals surface area contributed by atoms with Gasteiger partial charge in [-0.2, -0.15) is 0 Å². The summed E-state index contributed by atoms with van der Waals surface area (Å²) in [4.78, 5) is 0.0598. The Kier molecular flexibility index (Phi) is 4.26. The van der Waals surface area contributed by atoms with Crippen molar-refractivity contribution in [3.63, 3.8) is 0 Å². The lowest BCUT2D eigenvalue weighted by atomic mass is 9.71. The Morgan fingerprint density at radius 1 is 0.923 bits per heavy atom. The zero-order valence-electron chi connectivity index (χ0n) is 14.4. The van der Waals surface area contributed by atoms with E-state index < -0.39 is 16.4 Å². The van der Waals surface area contributed by atoms with Gasteiger partial charge in [0.05, 0.1) is 10.6 Å². The average Bonchev–Trinajstić information content (AvgIpc) is 2.97. The Morgan fingerprint density at radius 3 is 2.23 bits per heavy atom. The molecule has 1 aliphatic carbocycles. The molecule has 3 nitrogen and oxygen atoms in total. The van der Waals surface area contributed by atoms with Crippen LogP contribution >= 0.6 is 0 Å². The maximum absolute atomic E-state index is 13.2. The first-order valence-corrected chi connectivity index (χ1v) is 10.4. The second-order valence-corrected chi connectivity index (χ2v) is 9.10. The molecule has 26 heavy (non-hydrogen) atoms. The van der Waals surface area contributed by atoms with E-state index in [4.69, 9.17) is 0 Å². The fourth-order valence-corrected chi connectivity index (χ4v) is 5.94. The third-order valence-electron chi connectivity index (χ3n) is 5.72. The van der Waals surface area contributed by atoms with Gasteiger partial charge in [-0.25, -0.2) is 17.2 Å². The maximum Gasteiger partial charge on any atom is 0.264 e. The van der Waals surface area contributed by atoms with Gasteiger partial charge < -0.3 is 0 Å². The fourth-order valence-electron chi connectivity index (χ4n) is 4.37. The summed E-state index contributed by atoms with van der Waals surface area (Å²) in [5.41, 5.74) is 1.54. The molecule has 2 aliphatic rings. The van der Waals surface area contributed by atoms with Crippen molar-refractivity contribution in [2.75, 3.05) is 10.8 Å². The molecule has 0 saturated heterocycles. The topological polar surface area (TPSA) is 37.4 Å². The van der Waals surface area contributed by atoms with Gasteiger partial charge in [0.2, 0.25) is 0 Å². The Labute approximate surface area is 152 Å². The second-order valence-electron chi connectivity index (χ2n) is 7.24. The van der Waals surface area contributed by atoms with Crippen molar-refractivity contribution >= 4 is 15.7 Å². The van der Waals surface area contributed by atoms with Gasteiger partial charge >= 0.3 is 0 Å². The lowest BCUT2D eigenvalue weighted by Gasteiger charge is -2.34. The Bertz CT molecular complexity index is 904. The molecule has 1 fully saturated rings. The number of hydrogen-bond acceptors (Lipinski definition) is 2. The van der Waals surface area contributed by atoms with Crippen molar-refractivity contribution in [3.05, 3.63) is 59.7 Å². The maximum atomic E-state index is 13.2. The minimum atomic E-state index is -3.78. The minimum absolute atomic E-state index is 0.0598. The molecule has 0 amide bonds. The van der Waals surface area contributed by atoms with Crippen LogP contribution in [0.1, 0.15) is 49.7 Å². The molecule has 2 aromatic carbocycles. The summed E-state index contributed by atoms with van der Waals surface area (Å²) in [6.45, 7) is 0.436. The molecule has 6 heteroatoms. The van der Waals surface area contributed by atoms with Crippen LogP contribution in [0, 0.1) is 0 Å². The van der Waals surface area contributed by atoms with E-state index in [0.29, 0.717) is 6.54 Å². The molecule has 1 heterocycles. The van der Waals surface area contributed by atoms with E-state index in [0.717, 1.165) is 36.9 Å². The van der Waals surface area contributed by atoms with E-state index in [-0.39, 0.29) is 15.9 Å². The number of halogens is 2. The highest BCUT2D eigenvalue weighted by Gasteiger charge is 2.46. The molecule has 0 N–H and O–H groups in total. The normalized spacial score (nSPS) is 19.1. The predicted octanol–water partition coefficient (Wildman–Crippen LogP) is 5.04. The molecule has 0 atom stereocenters. The summed E-state index contributed by atoms with van der Waals surface area (Å²) < 4.78 is 53.5. The first-order chi connectivity index (χ1) is 12.4. The van der Waals surface area contributed by atoms with E-state index in [1.807, 2.05) is 24.3 Å². The standard InChI is InChI=1S/C20H21F2NO2S/c21-19(22)15-8-10-16(11-9-15)26(24,25)23-14-20(12-4-1-5-13-20)17-6-2-3-7-18(17)23/h2-3,6-11,19H,1,4-5,12-14H2. The zero-order chi connectivity index (χ0) is 18.4. The summed E-state index contributed by atoms with van der Waals surface area (Å²) >= 11 is 0. The van der Waals surface area contributed by atoms with Crippen LogP contribution in [0.4, 0.5) is 14.5 Å². The van der Waals surface area contributed by atoms with Gasteiger partial charge in [0.15, 0.2) is 0 Å². The highest BCUT2D eigenvalue weighted by atomic mass is 32.2. The molecule has 1 saturated carbocycles. The van der Waals surface area contributed by atoms with E-state index in [1.54, 1.807) is 0 Å². The Balaban J connectivity index is 1.75. The van der Waals surface area contributed by atoms with Gasteiger partial charge in [-0.1, -0.05) is 49.6 Å². The van der Waals surface area contributed by atoms with E-state index in [2.05, 4.69) is 0 Å². The molecule has 1 spiro atoms. The lowest BCUT2D eigenvalue weighted by molar-refractivity contribution is 0.151. The molecule has 0 aromatic heterocycles. The molecule has 138 valence electrons. The summed E-state index contributed by atoms with van der Waals surface area (Å²) in [5, 5.41) is 0. The molecule has 0 radical (unpaired) electrons. The average molecular weight is 377 g/mol. The van der Waals surface area contributed by atoms with Crippen LogP contribution in [0.15, 0.2) is 53.4 Å². The molecule has 0 unspecified atom stereocenters. The lowest BCUT2D eigenvalue weighted by Crippen LogP contribution is -2.38. The predicted molar refractivity (Wildman–Crippen MR) is 97.1 cm³/mol. The van der Waals surface area contributed by atoms with Crippen LogP contribution in [0.2, 0.25) is 0 Å². The Hall–Kier alpha value is -1.95. The number of sulfonamides is 1. The SMILES string of the molecule is O=S(=O)(c1ccc(C(F)F)cc1)N1CC2(CCCCC2)c2ccccc21. The van der Waals surface area contributed by atoms with Gasteiger partial charge in [-0.15, -0.1) is 0 Å². The number of rotatable bonds is 3. The van der Waals surface area contributed by atoms with Crippen LogP contribution < -0.4 is 4.31 Å². The zero-order valence-corrected chi connectivity index (χ0v) is 15.2. The number of anilines is 1. The Morgan fingerprint density at radius 2 is 1.58 bits per heavy atom. The molecular formula is C20H21F2NO2S. The van der Waals surface area contributed by atoms with E-state index in [9.17, 15) is 17.2 Å². The molecule has 1 aliphatic heterocycles. The minimum Gasteiger partial charge on any atom is -0.265 e. The summed E-state index contributed by atoms with van der Waals surface area (Å²) in [6, 6.07) is 12.6. The van der Waals surface area contributed by atoms with E-state index in [1.165, 1.54) is 35.0 Å². The van der Waals surface area contributed by atoms with Gasteiger partial charge in [-0.05, 0) is 36.6 Å². The third kappa shape index (κ3) is 2.71. The number of hydrogen-bond donors (Lipinski definition) is 0. The summed E-state index contributed by atoms with van der Waals surface area (Å²) in [7, 11) is -3.78. The number of alkyl halides is 2. The largest absolute Gasteiger partial charge is 0.265 e. The van der Waals surface area contributed by atoms with Gasteiger partial charge in [0.1, 0.15) is 0 Å². The molecule has 2 aromatic rings. The van der Waals surface area contributed by atoms with Crippen LogP contribution in [0.3, 0.4) is 0 Å². The van der Waals surface area contributed by atoms with Gasteiger partial charge in [0.25, 0.3) is 16.4 Å². The quantitative estimate of drug-likeness (QED) is 0.752. The fraction of sp³-hybridized carbons (Fsp3) is 0.400. The highest BCUT2D eigenvalue weighted by Crippen LogP contribution is 2.50. The number of para-hydroxylation sites is 1. The molecule has 4 rings (SSSR count). The number of benzene rings is 2. The van der Waals surface area contributed by atoms with Gasteiger partial charge in [0, 0.05) is 17.5 Å². The van der Waals surface area contributed by atoms with E-state index >= 15 is 0 Å². The number of nitrogens with zero attached hydrogens (tertiary/aromatic N) is 1. The van der Waals surface area contributed by atoms with Crippen molar-refractivity contribution in [2.24, 2.45) is 0 Å². The first kappa shape index (κ1) is 17.5. The summed E-state index contributed by atoms with van der Waals surface area (Å²) in [5.74, 6) is 0. The van der Waals surface area contributed by atoms with Crippen LogP contribution in [-0.2, 0) is 15.4 Å². The summed E-state index contributed by atoms with van der Waals surface area (Å²) in [6.07, 6.45) is 2.76. The van der Waals surface area contributed by atoms with Crippen molar-refractivity contribution in [3.8, 4) is 0 Å². The molecule has 0 bridgehead atoms. The first-order valence-electron chi connectivity index (χ1n) is 8.94. The van der Waals surface area contributed by atoms with Crippen LogP contribution in [0.5, 0.6) is 0 Å². The second kappa shape index (κ2) is 6.34. The third-order valence-corrected chi connectivity index (χ3v) is 7.50. The monoisotopic (exact) mass is 377 g/mol. The van der Waals surface area contributed by atoms with Crippen molar-refractivity contribution in [2.45, 2.75) is 48.8 Å². The smallest absolute Gasteiger partial charge is 0.264 e. The highest BCUT2D eigenvalue weighted by molar-refractivity contribution is 7.92. The van der Waals surface area contributed by atoms with Crippen molar-refractivity contribution < 1.29 is 17.2 Å². The van der Waals surface area contributed by atoms with Gasteiger partial charge in [-0.3, -0.25) is 4.31 Å². The van der Waals surface area contributed by atoms with Crippen LogP contribution in [0.25, 0.3) is 0 Å².